The summed E-state index contributed by atoms with van der Waals surface area (Å²) in [5, 5.41) is 17.3. The third-order valence-corrected chi connectivity index (χ3v) is 1.51. The van der Waals surface area contributed by atoms with E-state index in [4.69, 9.17) is 10.2 Å². The Hall–Kier alpha value is -0.441. The van der Waals surface area contributed by atoms with Gasteiger partial charge in [-0.05, 0) is 24.3 Å². The fourth-order valence-electron chi connectivity index (χ4n) is 0.856. The molecule has 0 aliphatic heterocycles. The van der Waals surface area contributed by atoms with Crippen LogP contribution in [0.2, 0.25) is 0 Å². The molecule has 2 rings (SSSR count). The van der Waals surface area contributed by atoms with Gasteiger partial charge in [0.15, 0.2) is 0 Å². The quantitative estimate of drug-likeness (QED) is 0.758. The number of hydrogen-bond acceptors (Lipinski definition) is 2. The molecule has 0 unspecified atom stereocenters. The second-order valence-corrected chi connectivity index (χ2v) is 2.67. The van der Waals surface area contributed by atoms with Crippen LogP contribution in [0.1, 0.15) is 0 Å². The number of rotatable bonds is 0. The molecule has 0 aliphatic carbocycles. The first kappa shape index (κ1) is 14.6. The van der Waals surface area contributed by atoms with Crippen molar-refractivity contribution in [1.29, 1.82) is 0 Å². The molecule has 2 aromatic rings. The summed E-state index contributed by atoms with van der Waals surface area (Å²) in [6.07, 6.45) is 0. The zero-order valence-electron chi connectivity index (χ0n) is 7.94. The van der Waals surface area contributed by atoms with Crippen LogP contribution >= 0.6 is 0 Å². The van der Waals surface area contributed by atoms with Crippen LogP contribution in [-0.4, -0.2) is 10.2 Å². The van der Waals surface area contributed by atoms with Crippen LogP contribution in [0.15, 0.2) is 60.7 Å². The van der Waals surface area contributed by atoms with Crippen molar-refractivity contribution in [3.8, 4) is 11.5 Å². The van der Waals surface area contributed by atoms with Gasteiger partial charge < -0.3 is 10.2 Å². The summed E-state index contributed by atoms with van der Waals surface area (Å²) < 4.78 is 0. The van der Waals surface area contributed by atoms with Gasteiger partial charge in [0.05, 0.1) is 0 Å². The van der Waals surface area contributed by atoms with Crippen molar-refractivity contribution in [3.05, 3.63) is 60.7 Å². The normalized spacial score (nSPS) is 8.00. The fraction of sp³-hybridized carbons (Fsp3) is 0. The van der Waals surface area contributed by atoms with E-state index in [1.807, 2.05) is 12.1 Å². The van der Waals surface area contributed by atoms with Gasteiger partial charge in [0, 0.05) is 46.9 Å². The number of phenols is 2. The van der Waals surface area contributed by atoms with Gasteiger partial charge in [0.2, 0.25) is 0 Å². The molecule has 2 nitrogen and oxygen atoms in total. The third-order valence-electron chi connectivity index (χ3n) is 1.51. The van der Waals surface area contributed by atoms with Crippen LogP contribution in [0, 0.1) is 46.9 Å². The first-order valence-electron chi connectivity index (χ1n) is 4.27. The molecule has 0 atom stereocenters. The average molecular weight is 361 g/mol. The molecule has 0 saturated carbocycles. The summed E-state index contributed by atoms with van der Waals surface area (Å²) in [4.78, 5) is 0. The molecule has 2 N–H and O–H groups in total. The van der Waals surface area contributed by atoms with Gasteiger partial charge in [-0.3, -0.25) is 0 Å². The second-order valence-electron chi connectivity index (χ2n) is 2.67. The van der Waals surface area contributed by atoms with E-state index in [1.165, 1.54) is 0 Å². The minimum atomic E-state index is 0. The van der Waals surface area contributed by atoms with Crippen molar-refractivity contribution in [2.45, 2.75) is 0 Å². The number of aromatic hydroxyl groups is 2. The molecule has 0 radical (unpaired) electrons. The first-order chi connectivity index (χ1) is 6.79. The van der Waals surface area contributed by atoms with Gasteiger partial charge in [-0.15, -0.1) is 0 Å². The molecule has 0 spiro atoms. The summed E-state index contributed by atoms with van der Waals surface area (Å²) in [5.41, 5.74) is 0. The number of benzene rings is 2. The molecule has 0 fully saturated rings. The van der Waals surface area contributed by atoms with Crippen molar-refractivity contribution in [2.75, 3.05) is 0 Å². The topological polar surface area (TPSA) is 40.5 Å². The molecule has 0 heterocycles. The molecule has 0 amide bonds. The molecule has 2 aromatic carbocycles. The SMILES string of the molecule is Oc1ccccc1.Oc1ccccc1.[Yb]. The summed E-state index contributed by atoms with van der Waals surface area (Å²) in [6, 6.07) is 17.4. The van der Waals surface area contributed by atoms with E-state index in [0.29, 0.717) is 11.5 Å². The van der Waals surface area contributed by atoms with Gasteiger partial charge in [0.25, 0.3) is 0 Å². The largest absolute Gasteiger partial charge is 0.508 e. The molecular weight excluding hydrogens is 349 g/mol. The second kappa shape index (κ2) is 8.83. The number of phenolic OH excluding ortho intramolecular Hbond substituents is 2. The van der Waals surface area contributed by atoms with Crippen LogP contribution in [-0.2, 0) is 0 Å². The molecule has 0 saturated heterocycles. The van der Waals surface area contributed by atoms with Gasteiger partial charge in [0.1, 0.15) is 11.5 Å². The van der Waals surface area contributed by atoms with Crippen molar-refractivity contribution in [3.63, 3.8) is 0 Å². The zero-order valence-corrected chi connectivity index (χ0v) is 9.65. The summed E-state index contributed by atoms with van der Waals surface area (Å²) >= 11 is 0. The summed E-state index contributed by atoms with van der Waals surface area (Å²) in [7, 11) is 0. The van der Waals surface area contributed by atoms with Crippen LogP contribution in [0.25, 0.3) is 0 Å². The van der Waals surface area contributed by atoms with E-state index in [2.05, 4.69) is 0 Å². The average Bonchev–Trinajstić information content (AvgIpc) is 2.21. The molecule has 3 heteroatoms. The van der Waals surface area contributed by atoms with Crippen molar-refractivity contribution in [1.82, 2.24) is 0 Å². The van der Waals surface area contributed by atoms with Gasteiger partial charge in [-0.1, -0.05) is 36.4 Å². The van der Waals surface area contributed by atoms with Crippen LogP contribution in [0.4, 0.5) is 0 Å². The van der Waals surface area contributed by atoms with Crippen molar-refractivity contribution >= 4 is 0 Å². The Morgan fingerprint density at radius 2 is 0.800 bits per heavy atom. The molecule has 86 valence electrons. The standard InChI is InChI=1S/2C6H6O.Yb/c2*7-6-4-2-1-3-5-6;/h2*1-5,7H;. The first-order valence-corrected chi connectivity index (χ1v) is 4.27. The Balaban J connectivity index is 0.000000245. The molecule has 0 aromatic heterocycles. The molecular formula is C12H12O2Yb. The van der Waals surface area contributed by atoms with E-state index in [-0.39, 0.29) is 46.9 Å². The molecule has 0 aliphatic rings. The van der Waals surface area contributed by atoms with Crippen molar-refractivity contribution < 1.29 is 57.1 Å². The third kappa shape index (κ3) is 7.48. The number of para-hydroxylation sites is 2. The van der Waals surface area contributed by atoms with Gasteiger partial charge in [-0.2, -0.15) is 0 Å². The van der Waals surface area contributed by atoms with Crippen LogP contribution < -0.4 is 0 Å². The smallest absolute Gasteiger partial charge is 0.115 e. The minimum absolute atomic E-state index is 0. The van der Waals surface area contributed by atoms with E-state index in [0.717, 1.165) is 0 Å². The zero-order chi connectivity index (χ0) is 10.2. The van der Waals surface area contributed by atoms with Gasteiger partial charge in [-0.25, -0.2) is 0 Å². The van der Waals surface area contributed by atoms with E-state index in [9.17, 15) is 0 Å². The molecule has 0 bridgehead atoms. The number of hydrogen-bond donors (Lipinski definition) is 2. The van der Waals surface area contributed by atoms with Gasteiger partial charge >= 0.3 is 0 Å². The predicted molar refractivity (Wildman–Crippen MR) is 56.2 cm³/mol. The Kier molecular flexibility index (Phi) is 8.58. The van der Waals surface area contributed by atoms with E-state index in [1.54, 1.807) is 48.5 Å². The van der Waals surface area contributed by atoms with E-state index >= 15 is 0 Å². The fourth-order valence-corrected chi connectivity index (χ4v) is 0.856. The Morgan fingerprint density at radius 1 is 0.533 bits per heavy atom. The maximum Gasteiger partial charge on any atom is 0.115 e. The van der Waals surface area contributed by atoms with Crippen molar-refractivity contribution in [2.24, 2.45) is 0 Å². The summed E-state index contributed by atoms with van der Waals surface area (Å²) in [5.74, 6) is 0.644. The Morgan fingerprint density at radius 3 is 0.933 bits per heavy atom. The maximum absolute atomic E-state index is 8.63. The predicted octanol–water partition coefficient (Wildman–Crippen LogP) is 2.78. The van der Waals surface area contributed by atoms with E-state index < -0.39 is 0 Å². The molecule has 15 heavy (non-hydrogen) atoms. The maximum atomic E-state index is 8.63. The monoisotopic (exact) mass is 362 g/mol. The Labute approximate surface area is 128 Å². The van der Waals surface area contributed by atoms with Crippen LogP contribution in [0.5, 0.6) is 11.5 Å². The van der Waals surface area contributed by atoms with Crippen LogP contribution in [0.3, 0.4) is 0 Å². The summed E-state index contributed by atoms with van der Waals surface area (Å²) in [6.45, 7) is 0. The minimum Gasteiger partial charge on any atom is -0.508 e. The Bertz CT molecular complexity index is 311.